The Bertz CT molecular complexity index is 820. The smallest absolute Gasteiger partial charge is 0.146 e. The molecule has 3 N–H and O–H groups in total. The Labute approximate surface area is 131 Å². The van der Waals surface area contributed by atoms with Gasteiger partial charge in [-0.05, 0) is 23.8 Å². The molecule has 0 saturated carbocycles. The maximum absolute atomic E-state index is 10.4. The first-order valence-electron chi connectivity index (χ1n) is 6.35. The SMILES string of the molecule is NC(c1ccc(Cl)cc1Cl)c1ccc2cccnc2c1O. The van der Waals surface area contributed by atoms with Gasteiger partial charge in [0.05, 0.1) is 6.04 Å². The maximum Gasteiger partial charge on any atom is 0.146 e. The van der Waals surface area contributed by atoms with Crippen LogP contribution in [-0.4, -0.2) is 10.1 Å². The molecule has 1 unspecified atom stereocenters. The molecule has 0 fully saturated rings. The van der Waals surface area contributed by atoms with Crippen molar-refractivity contribution >= 4 is 34.1 Å². The summed E-state index contributed by atoms with van der Waals surface area (Å²) >= 11 is 12.1. The average Bonchev–Trinajstić information content (AvgIpc) is 2.47. The van der Waals surface area contributed by atoms with Crippen LogP contribution in [0.25, 0.3) is 10.9 Å². The summed E-state index contributed by atoms with van der Waals surface area (Å²) in [6.07, 6.45) is 1.63. The van der Waals surface area contributed by atoms with Crippen molar-refractivity contribution in [1.29, 1.82) is 0 Å². The lowest BCUT2D eigenvalue weighted by Crippen LogP contribution is -2.12. The summed E-state index contributed by atoms with van der Waals surface area (Å²) < 4.78 is 0. The molecule has 0 bridgehead atoms. The van der Waals surface area contributed by atoms with Crippen LogP contribution in [0, 0.1) is 0 Å². The molecule has 0 amide bonds. The van der Waals surface area contributed by atoms with Gasteiger partial charge in [-0.3, -0.25) is 4.98 Å². The van der Waals surface area contributed by atoms with E-state index in [4.69, 9.17) is 28.9 Å². The fourth-order valence-electron chi connectivity index (χ4n) is 2.32. The largest absolute Gasteiger partial charge is 0.505 e. The molecule has 106 valence electrons. The number of nitrogens with two attached hydrogens (primary N) is 1. The highest BCUT2D eigenvalue weighted by molar-refractivity contribution is 6.35. The third-order valence-electron chi connectivity index (χ3n) is 3.41. The molecular weight excluding hydrogens is 307 g/mol. The number of phenolic OH excluding ortho intramolecular Hbond substituents is 1. The Balaban J connectivity index is 2.13. The topological polar surface area (TPSA) is 59.1 Å². The van der Waals surface area contributed by atoms with Crippen LogP contribution in [0.4, 0.5) is 0 Å². The molecule has 5 heteroatoms. The fraction of sp³-hybridized carbons (Fsp3) is 0.0625. The van der Waals surface area contributed by atoms with E-state index in [0.29, 0.717) is 26.7 Å². The predicted octanol–water partition coefficient (Wildman–Crippen LogP) is 4.30. The molecule has 21 heavy (non-hydrogen) atoms. The minimum absolute atomic E-state index is 0.0756. The quantitative estimate of drug-likeness (QED) is 0.740. The van der Waals surface area contributed by atoms with E-state index in [9.17, 15) is 5.11 Å². The van der Waals surface area contributed by atoms with E-state index in [0.717, 1.165) is 5.39 Å². The van der Waals surface area contributed by atoms with Gasteiger partial charge in [0.15, 0.2) is 0 Å². The van der Waals surface area contributed by atoms with Crippen LogP contribution in [0.2, 0.25) is 10.0 Å². The van der Waals surface area contributed by atoms with Crippen molar-refractivity contribution in [3.8, 4) is 5.75 Å². The van der Waals surface area contributed by atoms with Gasteiger partial charge in [-0.25, -0.2) is 0 Å². The van der Waals surface area contributed by atoms with Crippen LogP contribution in [0.5, 0.6) is 5.75 Å². The number of benzene rings is 2. The summed E-state index contributed by atoms with van der Waals surface area (Å²) in [6.45, 7) is 0. The molecule has 0 saturated heterocycles. The zero-order chi connectivity index (χ0) is 15.0. The average molecular weight is 319 g/mol. The zero-order valence-corrected chi connectivity index (χ0v) is 12.4. The Morgan fingerprint density at radius 2 is 1.81 bits per heavy atom. The number of fused-ring (bicyclic) bond motifs is 1. The van der Waals surface area contributed by atoms with Gasteiger partial charge in [-0.15, -0.1) is 0 Å². The molecule has 0 aliphatic rings. The zero-order valence-electron chi connectivity index (χ0n) is 10.9. The van der Waals surface area contributed by atoms with Crippen LogP contribution < -0.4 is 5.73 Å². The molecule has 0 aliphatic heterocycles. The summed E-state index contributed by atoms with van der Waals surface area (Å²) in [5.74, 6) is 0.0756. The molecule has 1 heterocycles. The first-order valence-corrected chi connectivity index (χ1v) is 7.10. The van der Waals surface area contributed by atoms with Crippen LogP contribution >= 0.6 is 23.2 Å². The van der Waals surface area contributed by atoms with Crippen LogP contribution in [0.15, 0.2) is 48.7 Å². The minimum atomic E-state index is -0.554. The van der Waals surface area contributed by atoms with Gasteiger partial charge in [0.1, 0.15) is 11.3 Å². The first-order chi connectivity index (χ1) is 10.1. The molecule has 1 atom stereocenters. The van der Waals surface area contributed by atoms with Crippen molar-refractivity contribution in [3.63, 3.8) is 0 Å². The fourth-order valence-corrected chi connectivity index (χ4v) is 2.84. The van der Waals surface area contributed by atoms with Crippen molar-refractivity contribution < 1.29 is 5.11 Å². The van der Waals surface area contributed by atoms with Crippen LogP contribution in [0.3, 0.4) is 0 Å². The second-order valence-electron chi connectivity index (χ2n) is 4.72. The van der Waals surface area contributed by atoms with Gasteiger partial charge in [-0.2, -0.15) is 0 Å². The van der Waals surface area contributed by atoms with Gasteiger partial charge < -0.3 is 10.8 Å². The monoisotopic (exact) mass is 318 g/mol. The highest BCUT2D eigenvalue weighted by Gasteiger charge is 2.18. The number of pyridine rings is 1. The summed E-state index contributed by atoms with van der Waals surface area (Å²) in [5.41, 5.74) is 8.04. The van der Waals surface area contributed by atoms with E-state index < -0.39 is 6.04 Å². The van der Waals surface area contributed by atoms with Gasteiger partial charge in [0, 0.05) is 27.2 Å². The summed E-state index contributed by atoms with van der Waals surface area (Å²) in [7, 11) is 0. The van der Waals surface area contributed by atoms with E-state index in [1.54, 1.807) is 30.5 Å². The number of hydrogen-bond acceptors (Lipinski definition) is 3. The van der Waals surface area contributed by atoms with Crippen LogP contribution in [0.1, 0.15) is 17.2 Å². The molecule has 0 aliphatic carbocycles. The van der Waals surface area contributed by atoms with Crippen molar-refractivity contribution in [1.82, 2.24) is 4.98 Å². The van der Waals surface area contributed by atoms with Gasteiger partial charge in [0.25, 0.3) is 0 Å². The second kappa shape index (κ2) is 5.53. The van der Waals surface area contributed by atoms with Crippen molar-refractivity contribution in [2.75, 3.05) is 0 Å². The molecule has 0 spiro atoms. The summed E-state index contributed by atoms with van der Waals surface area (Å²) in [6, 6.07) is 11.9. The predicted molar refractivity (Wildman–Crippen MR) is 85.9 cm³/mol. The lowest BCUT2D eigenvalue weighted by Gasteiger charge is -2.16. The van der Waals surface area contributed by atoms with E-state index >= 15 is 0 Å². The molecule has 3 rings (SSSR count). The Morgan fingerprint density at radius 3 is 2.57 bits per heavy atom. The minimum Gasteiger partial charge on any atom is -0.505 e. The first kappa shape index (κ1) is 14.1. The standard InChI is InChI=1S/C16H12Cl2N2O/c17-10-4-6-11(13(18)8-10)14(19)12-5-3-9-2-1-7-20-15(9)16(12)21/h1-8,14,21H,19H2. The summed E-state index contributed by atoms with van der Waals surface area (Å²) in [5, 5.41) is 12.3. The maximum atomic E-state index is 10.4. The number of aromatic nitrogens is 1. The molecule has 3 nitrogen and oxygen atoms in total. The second-order valence-corrected chi connectivity index (χ2v) is 5.57. The van der Waals surface area contributed by atoms with Crippen LogP contribution in [-0.2, 0) is 0 Å². The number of nitrogens with zero attached hydrogens (tertiary/aromatic N) is 1. The van der Waals surface area contributed by atoms with E-state index in [-0.39, 0.29) is 5.75 Å². The number of halogens is 2. The summed E-state index contributed by atoms with van der Waals surface area (Å²) in [4.78, 5) is 4.19. The molecule has 3 aromatic rings. The van der Waals surface area contributed by atoms with Gasteiger partial charge in [-0.1, -0.05) is 47.5 Å². The Hall–Kier alpha value is -1.81. The number of rotatable bonds is 2. The molecule has 2 aromatic carbocycles. The lowest BCUT2D eigenvalue weighted by molar-refractivity contribution is 0.470. The molecule has 0 radical (unpaired) electrons. The molecular formula is C16H12Cl2N2O. The third-order valence-corrected chi connectivity index (χ3v) is 3.97. The van der Waals surface area contributed by atoms with Crippen molar-refractivity contribution in [2.45, 2.75) is 6.04 Å². The highest BCUT2D eigenvalue weighted by atomic mass is 35.5. The van der Waals surface area contributed by atoms with Gasteiger partial charge >= 0.3 is 0 Å². The number of phenols is 1. The number of hydrogen-bond donors (Lipinski definition) is 2. The lowest BCUT2D eigenvalue weighted by atomic mass is 9.97. The molecule has 1 aromatic heterocycles. The Morgan fingerprint density at radius 1 is 1.05 bits per heavy atom. The highest BCUT2D eigenvalue weighted by Crippen LogP contribution is 2.35. The normalized spacial score (nSPS) is 12.5. The van der Waals surface area contributed by atoms with E-state index in [2.05, 4.69) is 4.98 Å². The van der Waals surface area contributed by atoms with E-state index in [1.807, 2.05) is 18.2 Å². The Kier molecular flexibility index (Phi) is 3.72. The van der Waals surface area contributed by atoms with E-state index in [1.165, 1.54) is 0 Å². The van der Waals surface area contributed by atoms with Crippen molar-refractivity contribution in [3.05, 3.63) is 69.8 Å². The number of aromatic hydroxyl groups is 1. The van der Waals surface area contributed by atoms with Crippen molar-refractivity contribution in [2.24, 2.45) is 5.73 Å². The third kappa shape index (κ3) is 2.56. The van der Waals surface area contributed by atoms with Gasteiger partial charge in [0.2, 0.25) is 0 Å².